The van der Waals surface area contributed by atoms with Crippen LogP contribution in [-0.2, 0) is 6.42 Å². The van der Waals surface area contributed by atoms with Gasteiger partial charge in [0.15, 0.2) is 0 Å². The van der Waals surface area contributed by atoms with Crippen LogP contribution in [0.3, 0.4) is 0 Å². The zero-order valence-electron chi connectivity index (χ0n) is 14.3. The van der Waals surface area contributed by atoms with Gasteiger partial charge < -0.3 is 0 Å². The monoisotopic (exact) mass is 308 g/mol. The second-order valence-corrected chi connectivity index (χ2v) is 6.98. The number of fused-ring (bicyclic) bond motifs is 1. The zero-order chi connectivity index (χ0) is 16.2. The molecule has 2 aromatic heterocycles. The van der Waals surface area contributed by atoms with E-state index < -0.39 is 0 Å². The van der Waals surface area contributed by atoms with Crippen LogP contribution >= 0.6 is 0 Å². The smallest absolute Gasteiger partial charge is 0.0737 e. The number of rotatable bonds is 9. The largest absolute Gasteiger partial charge is 0.237 e. The molecular formula is C21H28N2. The highest BCUT2D eigenvalue weighted by Crippen LogP contribution is 2.42. The van der Waals surface area contributed by atoms with Crippen LogP contribution in [-0.4, -0.2) is 9.61 Å². The third kappa shape index (κ3) is 3.57. The summed E-state index contributed by atoms with van der Waals surface area (Å²) in [4.78, 5) is 0. The molecule has 0 amide bonds. The Morgan fingerprint density at radius 1 is 1.30 bits per heavy atom. The van der Waals surface area contributed by atoms with Gasteiger partial charge in [-0.2, -0.15) is 5.10 Å². The Hall–Kier alpha value is -1.83. The Morgan fingerprint density at radius 3 is 2.83 bits per heavy atom. The average molecular weight is 308 g/mol. The van der Waals surface area contributed by atoms with E-state index in [-0.39, 0.29) is 0 Å². The molecule has 23 heavy (non-hydrogen) atoms. The Labute approximate surface area is 139 Å². The molecular weight excluding hydrogens is 280 g/mol. The lowest BCUT2D eigenvalue weighted by Crippen LogP contribution is -2.05. The van der Waals surface area contributed by atoms with E-state index in [1.54, 1.807) is 0 Å². The molecule has 0 N–H and O–H groups in total. The minimum absolute atomic E-state index is 0.710. The Bertz CT molecular complexity index is 691. The summed E-state index contributed by atoms with van der Waals surface area (Å²) in [6, 6.07) is 4.54. The molecule has 3 rings (SSSR count). The molecule has 0 saturated heterocycles. The summed E-state index contributed by atoms with van der Waals surface area (Å²) in [5.74, 6) is 1.49. The molecule has 0 spiro atoms. The minimum Gasteiger partial charge on any atom is -0.237 e. The Kier molecular flexibility index (Phi) is 5.00. The number of hydrogen-bond donors (Lipinski definition) is 0. The highest BCUT2D eigenvalue weighted by atomic mass is 15.2. The zero-order valence-corrected chi connectivity index (χ0v) is 14.3. The van der Waals surface area contributed by atoms with Crippen LogP contribution < -0.4 is 0 Å². The van der Waals surface area contributed by atoms with Gasteiger partial charge in [0.25, 0.3) is 0 Å². The van der Waals surface area contributed by atoms with Crippen LogP contribution in [0, 0.1) is 5.92 Å². The van der Waals surface area contributed by atoms with Crippen LogP contribution in [0.15, 0.2) is 37.6 Å². The number of hydrogen-bond acceptors (Lipinski definition) is 1. The molecule has 2 aromatic rings. The molecule has 0 aliphatic heterocycles. The van der Waals surface area contributed by atoms with Crippen molar-refractivity contribution in [3.8, 4) is 0 Å². The number of nitrogens with zero attached hydrogens (tertiary/aromatic N) is 2. The Balaban J connectivity index is 1.76. The topological polar surface area (TPSA) is 17.3 Å². The lowest BCUT2D eigenvalue weighted by atomic mass is 9.94. The number of aromatic nitrogens is 2. The minimum atomic E-state index is 0.710. The van der Waals surface area contributed by atoms with E-state index in [1.165, 1.54) is 55.3 Å². The van der Waals surface area contributed by atoms with Crippen LogP contribution in [0.5, 0.6) is 0 Å². The lowest BCUT2D eigenvalue weighted by molar-refractivity contribution is 0.476. The van der Waals surface area contributed by atoms with Crippen LogP contribution in [0.25, 0.3) is 11.6 Å². The van der Waals surface area contributed by atoms with Gasteiger partial charge in [0.05, 0.1) is 11.7 Å². The van der Waals surface area contributed by atoms with Crippen LogP contribution in [0.2, 0.25) is 0 Å². The maximum Gasteiger partial charge on any atom is 0.0737 e. The predicted octanol–water partition coefficient (Wildman–Crippen LogP) is 5.78. The van der Waals surface area contributed by atoms with Crippen LogP contribution in [0.4, 0.5) is 0 Å². The maximum absolute atomic E-state index is 4.63. The molecule has 0 bridgehead atoms. The fraction of sp³-hybridized carbons (Fsp3) is 0.476. The van der Waals surface area contributed by atoms with Crippen molar-refractivity contribution in [2.24, 2.45) is 5.92 Å². The van der Waals surface area contributed by atoms with Crippen molar-refractivity contribution >= 4 is 11.6 Å². The van der Waals surface area contributed by atoms with Crippen LogP contribution in [0.1, 0.15) is 68.2 Å². The normalized spacial score (nSPS) is 15.7. The summed E-state index contributed by atoms with van der Waals surface area (Å²) >= 11 is 0. The molecule has 2 heteroatoms. The molecule has 0 radical (unpaired) electrons. The highest BCUT2D eigenvalue weighted by Gasteiger charge is 2.29. The van der Waals surface area contributed by atoms with E-state index in [4.69, 9.17) is 0 Å². The number of pyridine rings is 1. The SMILES string of the molecule is C=CCCCC(C)CCc1ccc2c(C=C)cnn2c1C1CC1. The first-order valence-electron chi connectivity index (χ1n) is 8.97. The second kappa shape index (κ2) is 7.16. The van der Waals surface area contributed by atoms with Crippen molar-refractivity contribution in [2.75, 3.05) is 0 Å². The third-order valence-corrected chi connectivity index (χ3v) is 5.03. The maximum atomic E-state index is 4.63. The van der Waals surface area contributed by atoms with Gasteiger partial charge in [-0.05, 0) is 56.1 Å². The first-order chi connectivity index (χ1) is 11.2. The van der Waals surface area contributed by atoms with Crippen molar-refractivity contribution in [1.29, 1.82) is 0 Å². The van der Waals surface area contributed by atoms with E-state index in [0.717, 1.165) is 17.9 Å². The summed E-state index contributed by atoms with van der Waals surface area (Å²) in [6.07, 6.45) is 14.6. The summed E-state index contributed by atoms with van der Waals surface area (Å²) in [5, 5.41) is 4.63. The average Bonchev–Trinajstić information content (AvgIpc) is 3.31. The third-order valence-electron chi connectivity index (χ3n) is 5.03. The molecule has 1 atom stereocenters. The number of allylic oxidation sites excluding steroid dienone is 1. The Morgan fingerprint density at radius 2 is 2.13 bits per heavy atom. The van der Waals surface area contributed by atoms with E-state index in [1.807, 2.05) is 18.3 Å². The van der Waals surface area contributed by atoms with Gasteiger partial charge in [-0.1, -0.05) is 38.1 Å². The molecule has 1 unspecified atom stereocenters. The summed E-state index contributed by atoms with van der Waals surface area (Å²) in [5.41, 5.74) is 5.28. The molecule has 2 nitrogen and oxygen atoms in total. The first-order valence-corrected chi connectivity index (χ1v) is 8.97. The molecule has 1 fully saturated rings. The molecule has 2 heterocycles. The second-order valence-electron chi connectivity index (χ2n) is 6.98. The number of aryl methyl sites for hydroxylation is 1. The van der Waals surface area contributed by atoms with Crippen molar-refractivity contribution in [3.63, 3.8) is 0 Å². The quantitative estimate of drug-likeness (QED) is 0.424. The van der Waals surface area contributed by atoms with Gasteiger partial charge in [-0.15, -0.1) is 6.58 Å². The van der Waals surface area contributed by atoms with E-state index in [2.05, 4.69) is 41.8 Å². The predicted molar refractivity (Wildman–Crippen MR) is 98.8 cm³/mol. The van der Waals surface area contributed by atoms with Crippen molar-refractivity contribution in [1.82, 2.24) is 9.61 Å². The van der Waals surface area contributed by atoms with E-state index in [0.29, 0.717) is 5.92 Å². The molecule has 1 aliphatic rings. The van der Waals surface area contributed by atoms with Gasteiger partial charge >= 0.3 is 0 Å². The summed E-state index contributed by atoms with van der Waals surface area (Å²) < 4.78 is 2.17. The first kappa shape index (κ1) is 16.0. The highest BCUT2D eigenvalue weighted by molar-refractivity contribution is 5.68. The van der Waals surface area contributed by atoms with E-state index in [9.17, 15) is 0 Å². The summed E-state index contributed by atoms with van der Waals surface area (Å²) in [7, 11) is 0. The molecule has 1 aliphatic carbocycles. The van der Waals surface area contributed by atoms with Gasteiger partial charge in [0.1, 0.15) is 0 Å². The lowest BCUT2D eigenvalue weighted by Gasteiger charge is -2.14. The standard InChI is InChI=1S/C21H28N2/c1-4-6-7-8-16(3)9-10-18-13-14-20-17(5-2)15-22-23(20)21(18)19-11-12-19/h4-5,13-16,19H,1-2,6-12H2,3H3. The molecule has 1 saturated carbocycles. The van der Waals surface area contributed by atoms with E-state index >= 15 is 0 Å². The van der Waals surface area contributed by atoms with Crippen molar-refractivity contribution in [2.45, 2.75) is 57.8 Å². The summed E-state index contributed by atoms with van der Waals surface area (Å²) in [6.45, 7) is 10.1. The van der Waals surface area contributed by atoms with Gasteiger partial charge in [0, 0.05) is 17.2 Å². The van der Waals surface area contributed by atoms with Crippen molar-refractivity contribution < 1.29 is 0 Å². The molecule has 122 valence electrons. The van der Waals surface area contributed by atoms with Gasteiger partial charge in [-0.25, -0.2) is 4.52 Å². The van der Waals surface area contributed by atoms with Gasteiger partial charge in [0.2, 0.25) is 0 Å². The fourth-order valence-electron chi connectivity index (χ4n) is 3.45. The molecule has 0 aromatic carbocycles. The fourth-order valence-corrected chi connectivity index (χ4v) is 3.45. The van der Waals surface area contributed by atoms with Gasteiger partial charge in [-0.3, -0.25) is 0 Å². The number of unbranched alkanes of at least 4 members (excludes halogenated alkanes) is 1. The van der Waals surface area contributed by atoms with Crippen molar-refractivity contribution in [3.05, 3.63) is 54.4 Å².